The summed E-state index contributed by atoms with van der Waals surface area (Å²) < 4.78 is 0. The standard InChI is InChI=1S/C17H25N3O2S/c1-3-4-5-6-7-8-15(21)20-17(23)19-14-11-9-13(10-12-14)16(22)18-2/h9-12H,3-8H2,1-2H3,(H,18,22)(H2,19,20,21,23). The van der Waals surface area contributed by atoms with Gasteiger partial charge in [0.05, 0.1) is 0 Å². The maximum atomic E-state index is 11.8. The smallest absolute Gasteiger partial charge is 0.251 e. The maximum Gasteiger partial charge on any atom is 0.251 e. The molecule has 0 radical (unpaired) electrons. The van der Waals surface area contributed by atoms with E-state index < -0.39 is 0 Å². The number of thiocarbonyl (C=S) groups is 1. The summed E-state index contributed by atoms with van der Waals surface area (Å²) in [4.78, 5) is 23.2. The molecule has 0 heterocycles. The molecular formula is C17H25N3O2S. The number of hydrogen-bond acceptors (Lipinski definition) is 3. The third kappa shape index (κ3) is 7.74. The Morgan fingerprint density at radius 3 is 2.30 bits per heavy atom. The van der Waals surface area contributed by atoms with Gasteiger partial charge in [-0.25, -0.2) is 0 Å². The van der Waals surface area contributed by atoms with Gasteiger partial charge in [-0.1, -0.05) is 32.6 Å². The molecule has 0 saturated heterocycles. The van der Waals surface area contributed by atoms with Crippen LogP contribution >= 0.6 is 12.2 Å². The minimum absolute atomic E-state index is 0.0685. The van der Waals surface area contributed by atoms with Gasteiger partial charge >= 0.3 is 0 Å². The van der Waals surface area contributed by atoms with Crippen molar-refractivity contribution >= 4 is 34.8 Å². The van der Waals surface area contributed by atoms with Crippen molar-refractivity contribution in [2.75, 3.05) is 12.4 Å². The number of carbonyl (C=O) groups excluding carboxylic acids is 2. The zero-order valence-corrected chi connectivity index (χ0v) is 14.6. The number of hydrogen-bond donors (Lipinski definition) is 3. The molecule has 3 N–H and O–H groups in total. The highest BCUT2D eigenvalue weighted by atomic mass is 32.1. The van der Waals surface area contributed by atoms with Crippen molar-refractivity contribution in [2.45, 2.75) is 45.4 Å². The Morgan fingerprint density at radius 2 is 1.70 bits per heavy atom. The van der Waals surface area contributed by atoms with Gasteiger partial charge in [-0.15, -0.1) is 0 Å². The number of anilines is 1. The van der Waals surface area contributed by atoms with Crippen molar-refractivity contribution in [1.82, 2.24) is 10.6 Å². The first-order chi connectivity index (χ1) is 11.1. The fourth-order valence-corrected chi connectivity index (χ4v) is 2.32. The van der Waals surface area contributed by atoms with Gasteiger partial charge in [0, 0.05) is 24.7 Å². The second-order valence-corrected chi connectivity index (χ2v) is 5.73. The molecule has 0 unspecified atom stereocenters. The Kier molecular flexibility index (Phi) is 8.90. The molecule has 126 valence electrons. The van der Waals surface area contributed by atoms with Crippen LogP contribution in [0.25, 0.3) is 0 Å². The normalized spacial score (nSPS) is 10.0. The summed E-state index contributed by atoms with van der Waals surface area (Å²) in [6.07, 6.45) is 6.02. The fraction of sp³-hybridized carbons (Fsp3) is 0.471. The van der Waals surface area contributed by atoms with Gasteiger partial charge in [0.15, 0.2) is 5.11 Å². The zero-order chi connectivity index (χ0) is 17.1. The lowest BCUT2D eigenvalue weighted by molar-refractivity contribution is -0.119. The molecule has 1 aromatic carbocycles. The monoisotopic (exact) mass is 335 g/mol. The number of benzene rings is 1. The van der Waals surface area contributed by atoms with E-state index in [-0.39, 0.29) is 16.9 Å². The molecule has 0 fully saturated rings. The molecule has 2 amide bonds. The predicted octanol–water partition coefficient (Wildman–Crippen LogP) is 3.22. The van der Waals surface area contributed by atoms with Gasteiger partial charge in [0.25, 0.3) is 5.91 Å². The number of rotatable bonds is 8. The number of nitrogens with one attached hydrogen (secondary N) is 3. The number of amides is 2. The average molecular weight is 335 g/mol. The molecule has 0 spiro atoms. The SMILES string of the molecule is CCCCCCCC(=O)NC(=S)Nc1ccc(C(=O)NC)cc1. The lowest BCUT2D eigenvalue weighted by Gasteiger charge is -2.10. The van der Waals surface area contributed by atoms with Gasteiger partial charge in [-0.05, 0) is 42.9 Å². The minimum atomic E-state index is -0.143. The van der Waals surface area contributed by atoms with Gasteiger partial charge in [-0.2, -0.15) is 0 Å². The number of unbranched alkanes of at least 4 members (excludes halogenated alkanes) is 4. The summed E-state index contributed by atoms with van der Waals surface area (Å²) in [5.41, 5.74) is 1.30. The molecule has 6 heteroatoms. The lowest BCUT2D eigenvalue weighted by Crippen LogP contribution is -2.33. The van der Waals surface area contributed by atoms with Crippen LogP contribution in [-0.2, 0) is 4.79 Å². The molecule has 0 saturated carbocycles. The predicted molar refractivity (Wildman–Crippen MR) is 97.6 cm³/mol. The first kappa shape index (κ1) is 19.1. The van der Waals surface area contributed by atoms with Crippen LogP contribution in [0.3, 0.4) is 0 Å². The van der Waals surface area contributed by atoms with E-state index in [4.69, 9.17) is 12.2 Å². The van der Waals surface area contributed by atoms with E-state index in [1.54, 1.807) is 31.3 Å². The third-order valence-electron chi connectivity index (χ3n) is 3.39. The van der Waals surface area contributed by atoms with E-state index >= 15 is 0 Å². The minimum Gasteiger partial charge on any atom is -0.355 e. The third-order valence-corrected chi connectivity index (χ3v) is 3.60. The Hall–Kier alpha value is -1.95. The summed E-state index contributed by atoms with van der Waals surface area (Å²) in [5.74, 6) is -0.212. The molecule has 1 rings (SSSR count). The molecule has 1 aromatic rings. The quantitative estimate of drug-likeness (QED) is 0.504. The van der Waals surface area contributed by atoms with Gasteiger partial charge in [0.1, 0.15) is 0 Å². The summed E-state index contributed by atoms with van der Waals surface area (Å²) in [6.45, 7) is 2.16. The van der Waals surface area contributed by atoms with Crippen molar-refractivity contribution in [3.8, 4) is 0 Å². The largest absolute Gasteiger partial charge is 0.355 e. The van der Waals surface area contributed by atoms with Crippen molar-refractivity contribution in [3.05, 3.63) is 29.8 Å². The van der Waals surface area contributed by atoms with Crippen LogP contribution in [-0.4, -0.2) is 24.0 Å². The molecule has 0 aliphatic carbocycles. The average Bonchev–Trinajstić information content (AvgIpc) is 2.54. The van der Waals surface area contributed by atoms with Crippen LogP contribution in [0.15, 0.2) is 24.3 Å². The van der Waals surface area contributed by atoms with Crippen molar-refractivity contribution in [1.29, 1.82) is 0 Å². The van der Waals surface area contributed by atoms with E-state index in [1.807, 2.05) is 0 Å². The summed E-state index contributed by atoms with van der Waals surface area (Å²) in [6, 6.07) is 6.88. The van der Waals surface area contributed by atoms with Crippen LogP contribution in [0.5, 0.6) is 0 Å². The molecule has 0 atom stereocenters. The molecule has 0 bridgehead atoms. The highest BCUT2D eigenvalue weighted by molar-refractivity contribution is 7.80. The molecule has 0 aliphatic rings. The Labute approximate surface area is 143 Å². The summed E-state index contributed by atoms with van der Waals surface area (Å²) >= 11 is 5.12. The Morgan fingerprint density at radius 1 is 1.04 bits per heavy atom. The van der Waals surface area contributed by atoms with Gasteiger partial charge < -0.3 is 16.0 Å². The topological polar surface area (TPSA) is 70.2 Å². The molecule has 0 aliphatic heterocycles. The number of carbonyl (C=O) groups is 2. The zero-order valence-electron chi connectivity index (χ0n) is 13.8. The van der Waals surface area contributed by atoms with Crippen LogP contribution in [0.4, 0.5) is 5.69 Å². The maximum absolute atomic E-state index is 11.8. The first-order valence-electron chi connectivity index (χ1n) is 7.99. The van der Waals surface area contributed by atoms with Crippen LogP contribution in [0.1, 0.15) is 55.8 Å². The highest BCUT2D eigenvalue weighted by Gasteiger charge is 2.06. The van der Waals surface area contributed by atoms with E-state index in [0.29, 0.717) is 12.0 Å². The Balaban J connectivity index is 2.32. The summed E-state index contributed by atoms with van der Waals surface area (Å²) in [5, 5.41) is 8.44. The van der Waals surface area contributed by atoms with Crippen molar-refractivity contribution in [3.63, 3.8) is 0 Å². The van der Waals surface area contributed by atoms with E-state index in [9.17, 15) is 9.59 Å². The van der Waals surface area contributed by atoms with E-state index in [1.165, 1.54) is 19.3 Å². The second-order valence-electron chi connectivity index (χ2n) is 5.32. The highest BCUT2D eigenvalue weighted by Crippen LogP contribution is 2.09. The van der Waals surface area contributed by atoms with Gasteiger partial charge in [0.2, 0.25) is 5.91 Å². The lowest BCUT2D eigenvalue weighted by atomic mass is 10.1. The van der Waals surface area contributed by atoms with Gasteiger partial charge in [-0.3, -0.25) is 9.59 Å². The second kappa shape index (κ2) is 10.7. The summed E-state index contributed by atoms with van der Waals surface area (Å²) in [7, 11) is 1.58. The van der Waals surface area contributed by atoms with Crippen LogP contribution < -0.4 is 16.0 Å². The van der Waals surface area contributed by atoms with E-state index in [0.717, 1.165) is 18.5 Å². The molecule has 0 aromatic heterocycles. The van der Waals surface area contributed by atoms with Crippen molar-refractivity contribution < 1.29 is 9.59 Å². The fourth-order valence-electron chi connectivity index (χ4n) is 2.09. The first-order valence-corrected chi connectivity index (χ1v) is 8.40. The molecule has 5 nitrogen and oxygen atoms in total. The Bertz CT molecular complexity index is 529. The van der Waals surface area contributed by atoms with Crippen molar-refractivity contribution in [2.24, 2.45) is 0 Å². The van der Waals surface area contributed by atoms with E-state index in [2.05, 4.69) is 22.9 Å². The van der Waals surface area contributed by atoms with Crippen LogP contribution in [0.2, 0.25) is 0 Å². The molecular weight excluding hydrogens is 310 g/mol. The molecule has 23 heavy (non-hydrogen) atoms. The van der Waals surface area contributed by atoms with Crippen LogP contribution in [0, 0.1) is 0 Å².